The molecule has 0 aromatic carbocycles. The molecular formula is C24H44N2O6. The van der Waals surface area contributed by atoms with Crippen LogP contribution in [0, 0.1) is 0 Å². The van der Waals surface area contributed by atoms with Gasteiger partial charge in [0.05, 0.1) is 0 Å². The molecule has 0 rings (SSSR count). The van der Waals surface area contributed by atoms with Crippen LogP contribution in [0.1, 0.15) is 123 Å². The third-order valence-electron chi connectivity index (χ3n) is 5.53. The normalized spacial score (nSPS) is 11.2. The number of hydrogen-bond acceptors (Lipinski definition) is 4. The largest absolute Gasteiger partial charge is 0.481 e. The molecule has 0 heterocycles. The fourth-order valence-electron chi connectivity index (χ4n) is 3.61. The Morgan fingerprint density at radius 2 is 1.00 bits per heavy atom. The number of hydrogen-bond donors (Lipinski definition) is 4. The second-order valence-corrected chi connectivity index (χ2v) is 8.59. The number of carbonyl (C=O) groups is 4. The van der Waals surface area contributed by atoms with Gasteiger partial charge in [-0.1, -0.05) is 78.1 Å². The van der Waals surface area contributed by atoms with Crippen LogP contribution in [0.4, 0.5) is 0 Å². The minimum atomic E-state index is -1.98. The van der Waals surface area contributed by atoms with Crippen LogP contribution in [0.15, 0.2) is 0 Å². The molecule has 2 amide bonds. The average Bonchev–Trinajstić information content (AvgIpc) is 2.72. The second kappa shape index (κ2) is 18.5. The summed E-state index contributed by atoms with van der Waals surface area (Å²) in [5.41, 5.74) is -1.98. The minimum absolute atomic E-state index is 0.0240. The summed E-state index contributed by atoms with van der Waals surface area (Å²) >= 11 is 0. The van der Waals surface area contributed by atoms with Crippen molar-refractivity contribution >= 4 is 23.8 Å². The van der Waals surface area contributed by atoms with Crippen molar-refractivity contribution in [1.29, 1.82) is 0 Å². The van der Waals surface area contributed by atoms with Gasteiger partial charge in [-0.05, 0) is 19.3 Å². The number of unbranched alkanes of at least 4 members (excludes halogenated alkanes) is 10. The van der Waals surface area contributed by atoms with Crippen LogP contribution in [-0.4, -0.2) is 39.6 Å². The van der Waals surface area contributed by atoms with Crippen LogP contribution in [0.5, 0.6) is 0 Å². The molecule has 0 bridgehead atoms. The zero-order valence-corrected chi connectivity index (χ0v) is 20.0. The van der Waals surface area contributed by atoms with E-state index >= 15 is 0 Å². The van der Waals surface area contributed by atoms with E-state index in [1.165, 1.54) is 0 Å². The number of aliphatic carboxylic acids is 2. The molecule has 0 aliphatic rings. The van der Waals surface area contributed by atoms with Gasteiger partial charge in [-0.2, -0.15) is 0 Å². The lowest BCUT2D eigenvalue weighted by Crippen LogP contribution is -2.65. The quantitative estimate of drug-likeness (QED) is 0.145. The van der Waals surface area contributed by atoms with Gasteiger partial charge >= 0.3 is 11.9 Å². The average molecular weight is 457 g/mol. The molecule has 4 N–H and O–H groups in total. The van der Waals surface area contributed by atoms with Gasteiger partial charge in [0, 0.05) is 25.7 Å². The highest BCUT2D eigenvalue weighted by Crippen LogP contribution is 2.16. The first-order valence-corrected chi connectivity index (χ1v) is 12.3. The zero-order valence-electron chi connectivity index (χ0n) is 20.0. The van der Waals surface area contributed by atoms with Crippen LogP contribution in [0.2, 0.25) is 0 Å². The van der Waals surface area contributed by atoms with Crippen molar-refractivity contribution in [3.8, 4) is 0 Å². The smallest absolute Gasteiger partial charge is 0.350 e. The molecule has 0 radical (unpaired) electrons. The molecule has 186 valence electrons. The van der Waals surface area contributed by atoms with Crippen LogP contribution < -0.4 is 10.6 Å². The van der Waals surface area contributed by atoms with Gasteiger partial charge in [-0.3, -0.25) is 14.4 Å². The number of carboxylic acids is 2. The molecule has 0 aliphatic carbocycles. The molecule has 0 unspecified atom stereocenters. The Balaban J connectivity index is 4.86. The summed E-state index contributed by atoms with van der Waals surface area (Å²) in [6, 6.07) is 0. The summed E-state index contributed by atoms with van der Waals surface area (Å²) < 4.78 is 0. The minimum Gasteiger partial charge on any atom is -0.481 e. The van der Waals surface area contributed by atoms with Crippen LogP contribution in [0.3, 0.4) is 0 Å². The molecule has 0 fully saturated rings. The van der Waals surface area contributed by atoms with Crippen molar-refractivity contribution in [2.24, 2.45) is 0 Å². The summed E-state index contributed by atoms with van der Waals surface area (Å²) in [6.07, 6.45) is 11.9. The van der Waals surface area contributed by atoms with Crippen molar-refractivity contribution in [2.75, 3.05) is 0 Å². The van der Waals surface area contributed by atoms with Gasteiger partial charge < -0.3 is 20.8 Å². The van der Waals surface area contributed by atoms with Crippen molar-refractivity contribution in [1.82, 2.24) is 10.6 Å². The van der Waals surface area contributed by atoms with E-state index in [1.54, 1.807) is 0 Å². The molecule has 8 nitrogen and oxygen atoms in total. The highest BCUT2D eigenvalue weighted by molar-refractivity contribution is 5.91. The van der Waals surface area contributed by atoms with E-state index in [9.17, 15) is 24.3 Å². The Kier molecular flexibility index (Phi) is 17.2. The molecule has 0 aromatic heterocycles. The summed E-state index contributed by atoms with van der Waals surface area (Å²) in [7, 11) is 0. The van der Waals surface area contributed by atoms with Gasteiger partial charge in [-0.25, -0.2) is 4.79 Å². The Bertz CT molecular complexity index is 535. The van der Waals surface area contributed by atoms with Crippen molar-refractivity contribution < 1.29 is 29.4 Å². The number of carbonyl (C=O) groups excluding carboxylic acids is 2. The predicted molar refractivity (Wildman–Crippen MR) is 124 cm³/mol. The lowest BCUT2D eigenvalue weighted by atomic mass is 10.00. The van der Waals surface area contributed by atoms with Crippen LogP contribution in [-0.2, 0) is 19.2 Å². The zero-order chi connectivity index (χ0) is 24.2. The van der Waals surface area contributed by atoms with Gasteiger partial charge in [0.15, 0.2) is 0 Å². The molecule has 0 atom stereocenters. The summed E-state index contributed by atoms with van der Waals surface area (Å²) in [5.74, 6) is -3.33. The lowest BCUT2D eigenvalue weighted by Gasteiger charge is -2.31. The number of amides is 2. The van der Waals surface area contributed by atoms with Gasteiger partial charge in [0.1, 0.15) is 0 Å². The summed E-state index contributed by atoms with van der Waals surface area (Å²) in [4.78, 5) is 47.9. The molecule has 0 aliphatic heterocycles. The van der Waals surface area contributed by atoms with E-state index in [2.05, 4.69) is 24.5 Å². The van der Waals surface area contributed by atoms with Crippen LogP contribution in [0.25, 0.3) is 0 Å². The standard InChI is InChI=1S/C24H44N2O6/c1-3-5-7-9-11-13-16-20(27)25-24(23(31)32,19-15-18-22(29)30)26-21(28)17-14-12-10-8-6-4-2/h3-19H2,1-2H3,(H,25,27)(H,26,28)(H,29,30)(H,31,32). The Morgan fingerprint density at radius 1 is 0.594 bits per heavy atom. The number of rotatable bonds is 21. The highest BCUT2D eigenvalue weighted by Gasteiger charge is 2.41. The van der Waals surface area contributed by atoms with Crippen molar-refractivity contribution in [3.05, 3.63) is 0 Å². The number of nitrogens with one attached hydrogen (secondary N) is 2. The van der Waals surface area contributed by atoms with E-state index in [1.807, 2.05) is 0 Å². The first-order valence-electron chi connectivity index (χ1n) is 12.3. The summed E-state index contributed by atoms with van der Waals surface area (Å²) in [6.45, 7) is 4.26. The SMILES string of the molecule is CCCCCCCCC(=O)NC(CCCC(=O)O)(NC(=O)CCCCCCCC)C(=O)O. The second-order valence-electron chi connectivity index (χ2n) is 8.59. The van der Waals surface area contributed by atoms with E-state index in [0.29, 0.717) is 12.8 Å². The highest BCUT2D eigenvalue weighted by atomic mass is 16.4. The fraction of sp³-hybridized carbons (Fsp3) is 0.833. The first kappa shape index (κ1) is 29.9. The fourth-order valence-corrected chi connectivity index (χ4v) is 3.61. The molecule has 32 heavy (non-hydrogen) atoms. The molecular weight excluding hydrogens is 412 g/mol. The third-order valence-corrected chi connectivity index (χ3v) is 5.53. The topological polar surface area (TPSA) is 133 Å². The van der Waals surface area contributed by atoms with Crippen molar-refractivity contribution in [3.63, 3.8) is 0 Å². The van der Waals surface area contributed by atoms with E-state index in [4.69, 9.17) is 5.11 Å². The Hall–Kier alpha value is -2.12. The van der Waals surface area contributed by atoms with E-state index in [0.717, 1.165) is 64.2 Å². The van der Waals surface area contributed by atoms with E-state index in [-0.39, 0.29) is 32.1 Å². The maximum absolute atomic E-state index is 12.4. The first-order chi connectivity index (χ1) is 15.3. The van der Waals surface area contributed by atoms with Gasteiger partial charge in [-0.15, -0.1) is 0 Å². The molecule has 0 aromatic rings. The Morgan fingerprint density at radius 3 is 1.38 bits per heavy atom. The molecule has 8 heteroatoms. The lowest BCUT2D eigenvalue weighted by molar-refractivity contribution is -0.152. The maximum atomic E-state index is 12.4. The molecule has 0 saturated heterocycles. The third kappa shape index (κ3) is 14.8. The van der Waals surface area contributed by atoms with Gasteiger partial charge in [0.2, 0.25) is 17.5 Å². The predicted octanol–water partition coefficient (Wildman–Crippen LogP) is 4.76. The molecule has 0 saturated carbocycles. The van der Waals surface area contributed by atoms with Crippen molar-refractivity contribution in [2.45, 2.75) is 129 Å². The van der Waals surface area contributed by atoms with E-state index < -0.39 is 29.4 Å². The number of carboxylic acid groups (broad SMARTS) is 2. The van der Waals surface area contributed by atoms with Gasteiger partial charge in [0.25, 0.3) is 0 Å². The van der Waals surface area contributed by atoms with Crippen LogP contribution >= 0.6 is 0 Å². The maximum Gasteiger partial charge on any atom is 0.350 e. The summed E-state index contributed by atoms with van der Waals surface area (Å²) in [5, 5.41) is 23.7. The molecule has 0 spiro atoms. The monoisotopic (exact) mass is 456 g/mol. The Labute approximate surface area is 192 Å².